The molecule has 0 aliphatic heterocycles. The summed E-state index contributed by atoms with van der Waals surface area (Å²) in [4.78, 5) is 15.3. The van der Waals surface area contributed by atoms with Crippen LogP contribution < -0.4 is 5.73 Å². The maximum absolute atomic E-state index is 12.2. The zero-order valence-electron chi connectivity index (χ0n) is 11.8. The van der Waals surface area contributed by atoms with E-state index in [9.17, 15) is 9.90 Å². The van der Waals surface area contributed by atoms with E-state index in [0.717, 1.165) is 23.7 Å². The summed E-state index contributed by atoms with van der Waals surface area (Å²) in [6.07, 6.45) is 5.29. The fourth-order valence-electron chi connectivity index (χ4n) is 2.91. The van der Waals surface area contributed by atoms with E-state index in [1.54, 1.807) is 6.20 Å². The van der Waals surface area contributed by atoms with E-state index in [-0.39, 0.29) is 5.12 Å². The van der Waals surface area contributed by atoms with Gasteiger partial charge >= 0.3 is 0 Å². The lowest BCUT2D eigenvalue weighted by molar-refractivity contribution is -0.114. The van der Waals surface area contributed by atoms with Gasteiger partial charge in [0.15, 0.2) is 0 Å². The smallest absolute Gasteiger partial charge is 0.208 e. The van der Waals surface area contributed by atoms with Gasteiger partial charge in [-0.05, 0) is 18.9 Å². The molecule has 112 valence electrons. The number of H-pyrrole nitrogens is 1. The highest BCUT2D eigenvalue weighted by atomic mass is 32.2. The Kier molecular flexibility index (Phi) is 4.33. The number of rotatable bonds is 4. The highest BCUT2D eigenvalue weighted by molar-refractivity contribution is 8.14. The third-order valence-electron chi connectivity index (χ3n) is 4.14. The monoisotopic (exact) mass is 304 g/mol. The number of nitrogens with one attached hydrogen (secondary N) is 1. The van der Waals surface area contributed by atoms with Crippen molar-refractivity contribution in [1.29, 1.82) is 0 Å². The van der Waals surface area contributed by atoms with Gasteiger partial charge in [-0.25, -0.2) is 0 Å². The second kappa shape index (κ2) is 6.22. The Bertz CT molecular complexity index is 634. The van der Waals surface area contributed by atoms with Gasteiger partial charge in [-0.2, -0.15) is 0 Å². The molecular weight excluding hydrogens is 284 g/mol. The third-order valence-corrected chi connectivity index (χ3v) is 5.45. The number of aromatic amines is 1. The van der Waals surface area contributed by atoms with Crippen molar-refractivity contribution in [3.05, 3.63) is 36.0 Å². The van der Waals surface area contributed by atoms with Crippen molar-refractivity contribution in [1.82, 2.24) is 4.98 Å². The number of thioether (sulfide) groups is 1. The molecule has 0 spiro atoms. The van der Waals surface area contributed by atoms with E-state index in [4.69, 9.17) is 5.73 Å². The molecule has 0 radical (unpaired) electrons. The molecule has 1 aliphatic carbocycles. The minimum atomic E-state index is -0.970. The van der Waals surface area contributed by atoms with Crippen molar-refractivity contribution in [2.24, 2.45) is 5.73 Å². The zero-order valence-corrected chi connectivity index (χ0v) is 12.6. The second-order valence-corrected chi connectivity index (χ2v) is 6.91. The highest BCUT2D eigenvalue weighted by Crippen LogP contribution is 2.33. The Morgan fingerprint density at radius 3 is 2.81 bits per heavy atom. The number of carbonyl (C=O) groups excluding carboxylic acids is 1. The number of para-hydroxylation sites is 1. The van der Waals surface area contributed by atoms with Crippen molar-refractivity contribution in [2.75, 3.05) is 0 Å². The molecular formula is C16H20N2O2S. The summed E-state index contributed by atoms with van der Waals surface area (Å²) < 4.78 is 0. The van der Waals surface area contributed by atoms with Gasteiger partial charge < -0.3 is 15.8 Å². The van der Waals surface area contributed by atoms with Gasteiger partial charge in [0.2, 0.25) is 5.12 Å². The molecule has 2 atom stereocenters. The molecule has 1 aromatic carbocycles. The van der Waals surface area contributed by atoms with Crippen LogP contribution >= 0.6 is 11.8 Å². The van der Waals surface area contributed by atoms with E-state index in [1.165, 1.54) is 24.6 Å². The van der Waals surface area contributed by atoms with Crippen LogP contribution in [-0.4, -0.2) is 26.5 Å². The van der Waals surface area contributed by atoms with E-state index < -0.39 is 12.1 Å². The number of carbonyl (C=O) groups is 1. The van der Waals surface area contributed by atoms with Gasteiger partial charge in [0.1, 0.15) is 12.1 Å². The third kappa shape index (κ3) is 3.00. The van der Waals surface area contributed by atoms with E-state index in [0.29, 0.717) is 10.8 Å². The van der Waals surface area contributed by atoms with Crippen LogP contribution in [0, 0.1) is 0 Å². The van der Waals surface area contributed by atoms with Crippen LogP contribution in [0.5, 0.6) is 0 Å². The highest BCUT2D eigenvalue weighted by Gasteiger charge is 2.29. The first-order chi connectivity index (χ1) is 10.2. The molecule has 0 amide bonds. The molecule has 1 saturated carbocycles. The molecule has 1 heterocycles. The molecule has 0 saturated heterocycles. The van der Waals surface area contributed by atoms with E-state index >= 15 is 0 Å². The van der Waals surface area contributed by atoms with Crippen LogP contribution in [0.25, 0.3) is 10.9 Å². The lowest BCUT2D eigenvalue weighted by atomic mass is 10.0. The molecule has 4 nitrogen and oxygen atoms in total. The maximum atomic E-state index is 12.2. The van der Waals surface area contributed by atoms with Crippen LogP contribution in [0.15, 0.2) is 30.5 Å². The summed E-state index contributed by atoms with van der Waals surface area (Å²) in [5.74, 6) is 0. The van der Waals surface area contributed by atoms with Crippen LogP contribution in [-0.2, 0) is 4.79 Å². The Morgan fingerprint density at radius 1 is 1.33 bits per heavy atom. The summed E-state index contributed by atoms with van der Waals surface area (Å²) >= 11 is 1.31. The number of aliphatic hydroxyl groups excluding tert-OH is 1. The predicted octanol–water partition coefficient (Wildman–Crippen LogP) is 2.73. The average Bonchev–Trinajstić information content (AvgIpc) is 3.14. The molecule has 21 heavy (non-hydrogen) atoms. The number of nitrogens with two attached hydrogens (primary N) is 1. The van der Waals surface area contributed by atoms with Crippen molar-refractivity contribution in [2.45, 2.75) is 43.1 Å². The van der Waals surface area contributed by atoms with E-state index in [1.807, 2.05) is 24.3 Å². The first-order valence-electron chi connectivity index (χ1n) is 7.37. The summed E-state index contributed by atoms with van der Waals surface area (Å²) in [7, 11) is 0. The first-order valence-corrected chi connectivity index (χ1v) is 8.25. The Labute approximate surface area is 128 Å². The van der Waals surface area contributed by atoms with E-state index in [2.05, 4.69) is 4.98 Å². The van der Waals surface area contributed by atoms with Crippen molar-refractivity contribution < 1.29 is 9.90 Å². The molecule has 5 heteroatoms. The number of benzene rings is 1. The van der Waals surface area contributed by atoms with Crippen molar-refractivity contribution in [3.63, 3.8) is 0 Å². The number of hydrogen-bond donors (Lipinski definition) is 3. The van der Waals surface area contributed by atoms with Crippen LogP contribution in [0.4, 0.5) is 0 Å². The SMILES string of the molecule is N[C@H](C(=O)SC1CCCC1)C(O)c1c[nH]c2ccccc12. The summed E-state index contributed by atoms with van der Waals surface area (Å²) in [5.41, 5.74) is 7.62. The molecule has 4 N–H and O–H groups in total. The molecule has 2 aromatic rings. The Balaban J connectivity index is 1.74. The normalized spacial score (nSPS) is 19.0. The van der Waals surface area contributed by atoms with Crippen LogP contribution in [0.2, 0.25) is 0 Å². The predicted molar refractivity (Wildman–Crippen MR) is 86.1 cm³/mol. The standard InChI is InChI=1S/C16H20N2O2S/c17-14(16(20)21-10-5-1-2-6-10)15(19)12-9-18-13-8-4-3-7-11(12)13/h3-4,7-10,14-15,18-19H,1-2,5-6,17H2/t14-,15?/m0/s1. The Morgan fingerprint density at radius 2 is 2.05 bits per heavy atom. The number of hydrogen-bond acceptors (Lipinski definition) is 4. The van der Waals surface area contributed by atoms with Crippen molar-refractivity contribution >= 4 is 27.8 Å². The van der Waals surface area contributed by atoms with Gasteiger partial charge in [-0.1, -0.05) is 42.8 Å². The van der Waals surface area contributed by atoms with Gasteiger partial charge in [0, 0.05) is 27.9 Å². The molecule has 3 rings (SSSR count). The minimum absolute atomic E-state index is 0.111. The minimum Gasteiger partial charge on any atom is -0.386 e. The second-order valence-electron chi connectivity index (χ2n) is 5.60. The van der Waals surface area contributed by atoms with Crippen molar-refractivity contribution in [3.8, 4) is 0 Å². The summed E-state index contributed by atoms with van der Waals surface area (Å²) in [5, 5.41) is 11.6. The quantitative estimate of drug-likeness (QED) is 0.811. The number of fused-ring (bicyclic) bond motifs is 1. The summed E-state index contributed by atoms with van der Waals surface area (Å²) in [6, 6.07) is 6.82. The fraction of sp³-hybridized carbons (Fsp3) is 0.438. The maximum Gasteiger partial charge on any atom is 0.208 e. The van der Waals surface area contributed by atoms with Gasteiger partial charge in [-0.15, -0.1) is 0 Å². The molecule has 1 aromatic heterocycles. The number of aliphatic hydroxyl groups is 1. The fourth-order valence-corrected chi connectivity index (χ4v) is 4.09. The molecule has 0 bridgehead atoms. The lowest BCUT2D eigenvalue weighted by Gasteiger charge is -2.18. The van der Waals surface area contributed by atoms with Gasteiger partial charge in [0.25, 0.3) is 0 Å². The first kappa shape index (κ1) is 14.6. The number of aromatic nitrogens is 1. The Hall–Kier alpha value is -1.30. The average molecular weight is 304 g/mol. The van der Waals surface area contributed by atoms with Gasteiger partial charge in [0.05, 0.1) is 0 Å². The lowest BCUT2D eigenvalue weighted by Crippen LogP contribution is -2.35. The van der Waals surface area contributed by atoms with Crippen LogP contribution in [0.3, 0.4) is 0 Å². The van der Waals surface area contributed by atoms with Gasteiger partial charge in [-0.3, -0.25) is 4.79 Å². The largest absolute Gasteiger partial charge is 0.386 e. The summed E-state index contributed by atoms with van der Waals surface area (Å²) in [6.45, 7) is 0. The molecule has 1 fully saturated rings. The molecule has 1 aliphatic rings. The zero-order chi connectivity index (χ0) is 14.8. The topological polar surface area (TPSA) is 79.1 Å². The van der Waals surface area contributed by atoms with Crippen LogP contribution in [0.1, 0.15) is 37.4 Å². The molecule has 1 unspecified atom stereocenters.